The van der Waals surface area contributed by atoms with Gasteiger partial charge in [-0.3, -0.25) is 0 Å². The predicted octanol–water partition coefficient (Wildman–Crippen LogP) is 4.26. The number of esters is 1. The Morgan fingerprint density at radius 3 is 2.48 bits per heavy atom. The molecule has 0 saturated carbocycles. The number of ether oxygens (including phenoxy) is 3. The molecule has 134 valence electrons. The maximum atomic E-state index is 12.4. The Kier molecular flexibility index (Phi) is 5.11. The van der Waals surface area contributed by atoms with Crippen molar-refractivity contribution in [3.05, 3.63) is 53.1 Å². The van der Waals surface area contributed by atoms with Gasteiger partial charge in [0.2, 0.25) is 0 Å². The fourth-order valence-electron chi connectivity index (χ4n) is 3.55. The minimum absolute atomic E-state index is 0.254. The second kappa shape index (κ2) is 7.14. The summed E-state index contributed by atoms with van der Waals surface area (Å²) in [5, 5.41) is 0. The van der Waals surface area contributed by atoms with Gasteiger partial charge < -0.3 is 14.2 Å². The van der Waals surface area contributed by atoms with Crippen molar-refractivity contribution in [2.24, 2.45) is 0 Å². The highest BCUT2D eigenvalue weighted by atomic mass is 16.8. The Labute approximate surface area is 149 Å². The van der Waals surface area contributed by atoms with Crippen LogP contribution in [0.2, 0.25) is 0 Å². The molecule has 1 saturated heterocycles. The van der Waals surface area contributed by atoms with Crippen LogP contribution in [0, 0.1) is 0 Å². The Morgan fingerprint density at radius 2 is 1.84 bits per heavy atom. The van der Waals surface area contributed by atoms with E-state index in [4.69, 9.17) is 14.2 Å². The first-order valence-corrected chi connectivity index (χ1v) is 8.91. The van der Waals surface area contributed by atoms with Crippen molar-refractivity contribution in [1.82, 2.24) is 0 Å². The molecule has 4 nitrogen and oxygen atoms in total. The molecule has 0 bridgehead atoms. The lowest BCUT2D eigenvalue weighted by molar-refractivity contribution is -0.145. The van der Waals surface area contributed by atoms with Crippen molar-refractivity contribution in [3.63, 3.8) is 0 Å². The first-order valence-electron chi connectivity index (χ1n) is 8.91. The molecule has 0 N–H and O–H groups in total. The maximum Gasteiger partial charge on any atom is 0.336 e. The van der Waals surface area contributed by atoms with Crippen LogP contribution in [-0.2, 0) is 19.0 Å². The van der Waals surface area contributed by atoms with Crippen molar-refractivity contribution in [2.75, 3.05) is 7.11 Å². The predicted molar refractivity (Wildman–Crippen MR) is 96.8 cm³/mol. The first kappa shape index (κ1) is 17.9. The van der Waals surface area contributed by atoms with E-state index < -0.39 is 11.9 Å². The normalized spacial score (nSPS) is 24.7. The van der Waals surface area contributed by atoms with Gasteiger partial charge in [0.1, 0.15) is 12.2 Å². The van der Waals surface area contributed by atoms with Crippen LogP contribution in [-0.4, -0.2) is 31.1 Å². The van der Waals surface area contributed by atoms with E-state index in [1.807, 2.05) is 38.1 Å². The Balaban J connectivity index is 2.14. The average Bonchev–Trinajstić information content (AvgIpc) is 2.94. The van der Waals surface area contributed by atoms with Crippen LogP contribution in [0.15, 0.2) is 47.6 Å². The summed E-state index contributed by atoms with van der Waals surface area (Å²) in [6.45, 7) is 5.95. The zero-order chi connectivity index (χ0) is 18.0. The van der Waals surface area contributed by atoms with E-state index in [0.29, 0.717) is 5.57 Å². The largest absolute Gasteiger partial charge is 0.466 e. The number of fused-ring (bicyclic) bond motifs is 1. The minimum Gasteiger partial charge on any atom is -0.466 e. The summed E-state index contributed by atoms with van der Waals surface area (Å²) in [4.78, 5) is 12.4. The molecular weight excluding hydrogens is 316 g/mol. The summed E-state index contributed by atoms with van der Waals surface area (Å²) in [7, 11) is 1.40. The van der Waals surface area contributed by atoms with Gasteiger partial charge in [0.25, 0.3) is 0 Å². The number of carbonyl (C=O) groups is 1. The summed E-state index contributed by atoms with van der Waals surface area (Å²) in [5.74, 6) is -1.09. The average molecular weight is 342 g/mol. The second-order valence-corrected chi connectivity index (χ2v) is 6.98. The lowest BCUT2D eigenvalue weighted by Gasteiger charge is -2.28. The fraction of sp³-hybridized carbons (Fsp3) is 0.476. The molecule has 1 aliphatic carbocycles. The van der Waals surface area contributed by atoms with Crippen molar-refractivity contribution >= 4 is 11.5 Å². The van der Waals surface area contributed by atoms with Crippen LogP contribution in [0.4, 0.5) is 0 Å². The molecule has 25 heavy (non-hydrogen) atoms. The Hall–Kier alpha value is -1.91. The number of hydrogen-bond acceptors (Lipinski definition) is 4. The van der Waals surface area contributed by atoms with E-state index in [9.17, 15) is 4.79 Å². The lowest BCUT2D eigenvalue weighted by Crippen LogP contribution is -2.34. The molecule has 3 rings (SSSR count). The molecule has 2 aliphatic rings. The molecule has 0 unspecified atom stereocenters. The molecule has 0 amide bonds. The van der Waals surface area contributed by atoms with E-state index in [1.54, 1.807) is 0 Å². The highest BCUT2D eigenvalue weighted by molar-refractivity contribution is 5.96. The highest BCUT2D eigenvalue weighted by Gasteiger charge is 2.48. The number of rotatable bonds is 5. The number of benzene rings is 1. The maximum absolute atomic E-state index is 12.4. The molecule has 1 aromatic carbocycles. The zero-order valence-electron chi connectivity index (χ0n) is 15.4. The van der Waals surface area contributed by atoms with Gasteiger partial charge in [0, 0.05) is 0 Å². The van der Waals surface area contributed by atoms with Crippen LogP contribution >= 0.6 is 0 Å². The van der Waals surface area contributed by atoms with Crippen LogP contribution < -0.4 is 0 Å². The molecule has 1 aromatic rings. The Morgan fingerprint density at radius 1 is 1.16 bits per heavy atom. The van der Waals surface area contributed by atoms with E-state index in [1.165, 1.54) is 12.7 Å². The molecule has 2 atom stereocenters. The number of methoxy groups -OCH3 is 1. The van der Waals surface area contributed by atoms with E-state index in [2.05, 4.69) is 19.1 Å². The third kappa shape index (κ3) is 3.55. The van der Waals surface area contributed by atoms with Gasteiger partial charge in [-0.25, -0.2) is 4.79 Å². The third-order valence-electron chi connectivity index (χ3n) is 4.70. The number of carbonyl (C=O) groups excluding carboxylic acids is 1. The number of allylic oxidation sites excluding steroid dienone is 2. The van der Waals surface area contributed by atoms with Gasteiger partial charge in [0.15, 0.2) is 5.79 Å². The molecule has 4 heteroatoms. The molecule has 0 spiro atoms. The minimum atomic E-state index is -0.730. The summed E-state index contributed by atoms with van der Waals surface area (Å²) < 4.78 is 17.3. The van der Waals surface area contributed by atoms with Crippen LogP contribution in [0.25, 0.3) is 5.57 Å². The summed E-state index contributed by atoms with van der Waals surface area (Å²) in [6.07, 6.45) is 4.35. The third-order valence-corrected chi connectivity index (χ3v) is 4.70. The van der Waals surface area contributed by atoms with Gasteiger partial charge in [-0.15, -0.1) is 0 Å². The second-order valence-electron chi connectivity index (χ2n) is 6.98. The van der Waals surface area contributed by atoms with Crippen LogP contribution in [0.3, 0.4) is 0 Å². The first-order chi connectivity index (χ1) is 12.0. The topological polar surface area (TPSA) is 44.8 Å². The quantitative estimate of drug-likeness (QED) is 0.750. The number of unbranched alkanes of at least 4 members (excludes halogenated alkanes) is 1. The number of hydrogen-bond donors (Lipinski definition) is 0. The zero-order valence-corrected chi connectivity index (χ0v) is 15.4. The summed E-state index contributed by atoms with van der Waals surface area (Å²) >= 11 is 0. The van der Waals surface area contributed by atoms with E-state index in [0.717, 1.165) is 30.4 Å². The molecule has 1 heterocycles. The van der Waals surface area contributed by atoms with Gasteiger partial charge in [-0.1, -0.05) is 43.7 Å². The smallest absolute Gasteiger partial charge is 0.336 e. The SMILES string of the molecule is CCCCC1=C(c2ccccc2)C=C(C(=O)OC)[C@@H]2OC(C)(C)O[C@H]12. The van der Waals surface area contributed by atoms with Gasteiger partial charge in [0.05, 0.1) is 12.7 Å². The summed E-state index contributed by atoms with van der Waals surface area (Å²) in [6, 6.07) is 10.1. The Bertz CT molecular complexity index is 700. The van der Waals surface area contributed by atoms with Crippen LogP contribution in [0.1, 0.15) is 45.6 Å². The fourth-order valence-corrected chi connectivity index (χ4v) is 3.55. The van der Waals surface area contributed by atoms with Gasteiger partial charge >= 0.3 is 5.97 Å². The van der Waals surface area contributed by atoms with E-state index in [-0.39, 0.29) is 12.1 Å². The monoisotopic (exact) mass is 342 g/mol. The summed E-state index contributed by atoms with van der Waals surface area (Å²) in [5.41, 5.74) is 3.87. The molecule has 1 aliphatic heterocycles. The van der Waals surface area contributed by atoms with E-state index >= 15 is 0 Å². The van der Waals surface area contributed by atoms with Gasteiger partial charge in [-0.2, -0.15) is 0 Å². The van der Waals surface area contributed by atoms with Crippen molar-refractivity contribution in [2.45, 2.75) is 58.0 Å². The van der Waals surface area contributed by atoms with Crippen molar-refractivity contribution < 1.29 is 19.0 Å². The van der Waals surface area contributed by atoms with Crippen molar-refractivity contribution in [3.8, 4) is 0 Å². The van der Waals surface area contributed by atoms with Crippen LogP contribution in [0.5, 0.6) is 0 Å². The molecular formula is C21H26O4. The lowest BCUT2D eigenvalue weighted by atomic mass is 9.82. The standard InChI is InChI=1S/C21H26O4/c1-5-6-12-15-16(14-10-8-7-9-11-14)13-17(20(22)23-4)19-18(15)24-21(2,3)25-19/h7-11,13,18-19H,5-6,12H2,1-4H3/t18-,19+/m1/s1. The van der Waals surface area contributed by atoms with Crippen molar-refractivity contribution in [1.29, 1.82) is 0 Å². The molecule has 0 radical (unpaired) electrons. The molecule has 1 fully saturated rings. The highest BCUT2D eigenvalue weighted by Crippen LogP contribution is 2.44. The van der Waals surface area contributed by atoms with Gasteiger partial charge in [-0.05, 0) is 49.5 Å². The molecule has 0 aromatic heterocycles.